The molecule has 0 aliphatic rings. The van der Waals surface area contributed by atoms with Gasteiger partial charge < -0.3 is 28.8 Å². The lowest BCUT2D eigenvalue weighted by atomic mass is 10.0. The molecule has 0 aliphatic heterocycles. The topological polar surface area (TPSA) is 108 Å². The fourth-order valence-electron chi connectivity index (χ4n) is 9.25. The molecule has 0 saturated heterocycles. The molecular weight excluding hydrogens is 900 g/mol. The third-order valence-corrected chi connectivity index (χ3v) is 15.0. The molecule has 0 aromatic heterocycles. The summed E-state index contributed by atoms with van der Waals surface area (Å²) in [5, 5.41) is 13.8. The van der Waals surface area contributed by atoms with E-state index in [-0.39, 0.29) is 12.5 Å². The van der Waals surface area contributed by atoms with E-state index in [0.29, 0.717) is 17.4 Å². The van der Waals surface area contributed by atoms with Crippen LogP contribution in [0.2, 0.25) is 0 Å². The van der Waals surface area contributed by atoms with Crippen LogP contribution in [0, 0.1) is 0 Å². The molecule has 0 aromatic rings. The Balaban J connectivity index is 3.95. The van der Waals surface area contributed by atoms with Crippen LogP contribution in [0.1, 0.15) is 303 Å². The van der Waals surface area contributed by atoms with Crippen LogP contribution in [0.5, 0.6) is 0 Å². The van der Waals surface area contributed by atoms with Gasteiger partial charge in [0.1, 0.15) is 13.2 Å². The van der Waals surface area contributed by atoms with Gasteiger partial charge in [0.15, 0.2) is 0 Å². The minimum atomic E-state index is -4.60. The molecule has 0 aliphatic carbocycles. The molecule has 0 rings (SSSR count). The number of rotatable bonds is 57. The summed E-state index contributed by atoms with van der Waals surface area (Å²) in [4.78, 5) is 25.5. The second-order valence-electron chi connectivity index (χ2n) is 22.4. The van der Waals surface area contributed by atoms with Crippen molar-refractivity contribution in [3.8, 4) is 0 Å². The largest absolute Gasteiger partial charge is 0.756 e. The monoisotopic (exact) mass is 1020 g/mol. The highest BCUT2D eigenvalue weighted by Gasteiger charge is 2.23. The first kappa shape index (κ1) is 69.7. The Bertz CT molecular complexity index is 1250. The van der Waals surface area contributed by atoms with E-state index >= 15 is 0 Å². The van der Waals surface area contributed by atoms with Gasteiger partial charge >= 0.3 is 0 Å². The van der Waals surface area contributed by atoms with Crippen LogP contribution in [0.3, 0.4) is 0 Å². The molecule has 420 valence electrons. The highest BCUT2D eigenvalue weighted by Crippen LogP contribution is 2.38. The minimum Gasteiger partial charge on any atom is -0.756 e. The molecule has 71 heavy (non-hydrogen) atoms. The van der Waals surface area contributed by atoms with Crippen molar-refractivity contribution in [2.24, 2.45) is 0 Å². The lowest BCUT2D eigenvalue weighted by Crippen LogP contribution is -2.45. The average molecular weight is 1020 g/mol. The van der Waals surface area contributed by atoms with Crippen LogP contribution in [0.4, 0.5) is 0 Å². The summed E-state index contributed by atoms with van der Waals surface area (Å²) in [7, 11) is 1.24. The van der Waals surface area contributed by atoms with Crippen LogP contribution < -0.4 is 10.2 Å². The Labute approximate surface area is 442 Å². The van der Waals surface area contributed by atoms with Gasteiger partial charge in [-0.1, -0.05) is 288 Å². The predicted molar refractivity (Wildman–Crippen MR) is 307 cm³/mol. The number of nitrogens with one attached hydrogen (secondary N) is 1. The fourth-order valence-corrected chi connectivity index (χ4v) is 9.97. The van der Waals surface area contributed by atoms with Crippen LogP contribution in [0.15, 0.2) is 36.5 Å². The molecule has 3 atom stereocenters. The normalized spacial score (nSPS) is 14.1. The number of carbonyl (C=O) groups is 1. The summed E-state index contributed by atoms with van der Waals surface area (Å²) in [6.07, 6.45) is 69.8. The number of aliphatic hydroxyl groups is 1. The van der Waals surface area contributed by atoms with Crippen molar-refractivity contribution in [1.82, 2.24) is 5.32 Å². The first-order valence-electron chi connectivity index (χ1n) is 30.9. The number of unbranched alkanes of at least 4 members (excludes halogenated alkanes) is 40. The summed E-state index contributed by atoms with van der Waals surface area (Å²) in [5.74, 6) is -0.207. The fraction of sp³-hybridized carbons (Fsp3) is 0.887. The maximum atomic E-state index is 12.9. The van der Waals surface area contributed by atoms with Crippen molar-refractivity contribution >= 4 is 13.7 Å². The number of amides is 1. The zero-order chi connectivity index (χ0) is 52.0. The summed E-state index contributed by atoms with van der Waals surface area (Å²) in [5.41, 5.74) is 0. The molecule has 0 heterocycles. The van der Waals surface area contributed by atoms with E-state index in [4.69, 9.17) is 9.05 Å². The quantitative estimate of drug-likeness (QED) is 0.0272. The maximum absolute atomic E-state index is 12.9. The van der Waals surface area contributed by atoms with Gasteiger partial charge in [-0.25, -0.2) is 0 Å². The molecule has 0 radical (unpaired) electrons. The van der Waals surface area contributed by atoms with Crippen molar-refractivity contribution in [3.05, 3.63) is 36.5 Å². The molecule has 0 fully saturated rings. The second-order valence-corrected chi connectivity index (χ2v) is 23.8. The van der Waals surface area contributed by atoms with Gasteiger partial charge in [0, 0.05) is 6.42 Å². The third kappa shape index (κ3) is 56.3. The lowest BCUT2D eigenvalue weighted by molar-refractivity contribution is -0.870. The van der Waals surface area contributed by atoms with Gasteiger partial charge in [-0.15, -0.1) is 0 Å². The Morgan fingerprint density at radius 1 is 0.479 bits per heavy atom. The molecule has 0 bridgehead atoms. The number of phosphoric acid groups is 1. The molecule has 2 N–H and O–H groups in total. The smallest absolute Gasteiger partial charge is 0.268 e. The van der Waals surface area contributed by atoms with E-state index in [2.05, 4.69) is 43.5 Å². The van der Waals surface area contributed by atoms with Crippen molar-refractivity contribution in [3.63, 3.8) is 0 Å². The highest BCUT2D eigenvalue weighted by molar-refractivity contribution is 7.45. The number of hydrogen-bond acceptors (Lipinski definition) is 6. The van der Waals surface area contributed by atoms with Gasteiger partial charge in [0.2, 0.25) is 5.91 Å². The van der Waals surface area contributed by atoms with Crippen LogP contribution in [-0.2, 0) is 18.4 Å². The first-order chi connectivity index (χ1) is 34.5. The van der Waals surface area contributed by atoms with Crippen LogP contribution in [0.25, 0.3) is 0 Å². The van der Waals surface area contributed by atoms with E-state index in [9.17, 15) is 19.4 Å². The molecule has 0 saturated carbocycles. The number of likely N-dealkylation sites (N-methyl/N-ethyl adjacent to an activating group) is 1. The first-order valence-corrected chi connectivity index (χ1v) is 32.3. The Kier molecular flexibility index (Phi) is 52.6. The van der Waals surface area contributed by atoms with Gasteiger partial charge in [0.05, 0.1) is 39.9 Å². The van der Waals surface area contributed by atoms with E-state index in [1.807, 2.05) is 27.2 Å². The van der Waals surface area contributed by atoms with Crippen LogP contribution >= 0.6 is 7.82 Å². The lowest BCUT2D eigenvalue weighted by Gasteiger charge is -2.29. The second kappa shape index (κ2) is 53.5. The molecule has 1 amide bonds. The Hall–Kier alpha value is -1.28. The molecule has 3 unspecified atom stereocenters. The number of nitrogens with zero attached hydrogens (tertiary/aromatic N) is 1. The summed E-state index contributed by atoms with van der Waals surface area (Å²) < 4.78 is 23.3. The van der Waals surface area contributed by atoms with Crippen molar-refractivity contribution in [2.75, 3.05) is 40.9 Å². The molecule has 0 spiro atoms. The molecule has 9 heteroatoms. The zero-order valence-corrected chi connectivity index (χ0v) is 48.8. The number of carbonyl (C=O) groups excluding carboxylic acids is 1. The van der Waals surface area contributed by atoms with Gasteiger partial charge in [-0.05, 0) is 44.9 Å². The maximum Gasteiger partial charge on any atom is 0.268 e. The highest BCUT2D eigenvalue weighted by atomic mass is 31.2. The molecular formula is C62H121N2O6P. The van der Waals surface area contributed by atoms with Crippen molar-refractivity contribution < 1.29 is 32.9 Å². The summed E-state index contributed by atoms with van der Waals surface area (Å²) in [6, 6.07) is -0.907. The molecule has 0 aromatic carbocycles. The zero-order valence-electron chi connectivity index (χ0n) is 47.9. The number of allylic oxidation sites excluding steroid dienone is 5. The van der Waals surface area contributed by atoms with Crippen LogP contribution in [-0.4, -0.2) is 68.5 Å². The summed E-state index contributed by atoms with van der Waals surface area (Å²) >= 11 is 0. The number of aliphatic hydroxyl groups excluding tert-OH is 1. The molecule has 8 nitrogen and oxygen atoms in total. The van der Waals surface area contributed by atoms with E-state index in [0.717, 1.165) is 44.9 Å². The Morgan fingerprint density at radius 3 is 1.14 bits per heavy atom. The van der Waals surface area contributed by atoms with Gasteiger partial charge in [-0.3, -0.25) is 9.36 Å². The van der Waals surface area contributed by atoms with Gasteiger partial charge in [-0.2, -0.15) is 0 Å². The Morgan fingerprint density at radius 2 is 0.789 bits per heavy atom. The van der Waals surface area contributed by atoms with Crippen molar-refractivity contribution in [2.45, 2.75) is 315 Å². The van der Waals surface area contributed by atoms with E-state index in [1.165, 1.54) is 238 Å². The van der Waals surface area contributed by atoms with Crippen molar-refractivity contribution in [1.29, 1.82) is 0 Å². The third-order valence-electron chi connectivity index (χ3n) is 14.1. The van der Waals surface area contributed by atoms with Gasteiger partial charge in [0.25, 0.3) is 7.82 Å². The number of hydrogen-bond donors (Lipinski definition) is 2. The minimum absolute atomic E-state index is 0.00758. The SMILES string of the molecule is CCCCCC/C=C/CC/C=C/CC/C=C/C(O)C(COP(=O)([O-])OCC[N+](C)(C)C)NC(=O)CCCCCCCCCCCCCCCCCCCCCCCCCCCCCCCCCCCCC. The standard InChI is InChI=1S/C62H121N2O6P/c1-6-8-10-12-14-16-18-20-22-23-24-25-26-27-28-29-30-31-32-33-34-35-36-37-38-39-40-41-42-44-46-48-50-52-54-56-62(66)63-60(59-70-71(67,68)69-58-57-64(3,4)5)61(65)55-53-51-49-47-45-43-21-19-17-15-13-11-9-7-2/h17,19,45,47,53,55,60-61,65H,6-16,18,20-44,46,48-52,54,56-59H2,1-5H3,(H-,63,66,67,68)/b19-17+,47-45+,55-53+. The average Bonchev–Trinajstić information content (AvgIpc) is 3.33. The van der Waals surface area contributed by atoms with E-state index < -0.39 is 26.6 Å². The van der Waals surface area contributed by atoms with E-state index in [1.54, 1.807) is 6.08 Å². The summed E-state index contributed by atoms with van der Waals surface area (Å²) in [6.45, 7) is 4.63. The number of phosphoric ester groups is 1. The number of quaternary nitrogens is 1. The predicted octanol–water partition coefficient (Wildman–Crippen LogP) is 18.3.